The van der Waals surface area contributed by atoms with E-state index in [0.717, 1.165) is 17.6 Å². The van der Waals surface area contributed by atoms with E-state index in [9.17, 15) is 22.8 Å². The van der Waals surface area contributed by atoms with Crippen molar-refractivity contribution in [2.24, 2.45) is 14.1 Å². The molecule has 0 atom stereocenters. The summed E-state index contributed by atoms with van der Waals surface area (Å²) in [7, 11) is 3.34. The summed E-state index contributed by atoms with van der Waals surface area (Å²) in [5.74, 6) is -0.287. The molecule has 2 aromatic heterocycles. The summed E-state index contributed by atoms with van der Waals surface area (Å²) in [6, 6.07) is 9.96. The molecule has 0 radical (unpaired) electrons. The van der Waals surface area contributed by atoms with Crippen LogP contribution in [0.3, 0.4) is 0 Å². The molecule has 0 unspecified atom stereocenters. The first-order valence-electron chi connectivity index (χ1n) is 9.21. The normalized spacial score (nSPS) is 11.8. The van der Waals surface area contributed by atoms with Gasteiger partial charge in [0.2, 0.25) is 5.91 Å². The number of aryl methyl sites for hydroxylation is 2. The Morgan fingerprint density at radius 1 is 1.06 bits per heavy atom. The van der Waals surface area contributed by atoms with Gasteiger partial charge in [-0.2, -0.15) is 13.2 Å². The summed E-state index contributed by atoms with van der Waals surface area (Å²) in [5, 5.41) is 5.03. The summed E-state index contributed by atoms with van der Waals surface area (Å²) in [6.45, 7) is 0. The Morgan fingerprint density at radius 3 is 2.42 bits per heavy atom. The highest BCUT2D eigenvalue weighted by Gasteiger charge is 2.30. The van der Waals surface area contributed by atoms with Crippen LogP contribution in [-0.2, 0) is 31.5 Å². The fourth-order valence-corrected chi connectivity index (χ4v) is 4.10. The number of carbonyl (C=O) groups excluding carboxylic acids is 1. The quantitative estimate of drug-likeness (QED) is 0.511. The number of hydrogen-bond donors (Lipinski definition) is 1. The van der Waals surface area contributed by atoms with E-state index in [1.54, 1.807) is 37.7 Å². The molecule has 0 bridgehead atoms. The lowest BCUT2D eigenvalue weighted by atomic mass is 10.1. The lowest BCUT2D eigenvalue weighted by molar-refractivity contribution is -0.137. The second-order valence-electron chi connectivity index (χ2n) is 7.05. The van der Waals surface area contributed by atoms with Crippen molar-refractivity contribution in [3.8, 4) is 10.6 Å². The number of halogens is 3. The van der Waals surface area contributed by atoms with Gasteiger partial charge in [-0.1, -0.05) is 12.1 Å². The van der Waals surface area contributed by atoms with Crippen molar-refractivity contribution in [3.63, 3.8) is 0 Å². The Bertz CT molecular complexity index is 1330. The maximum absolute atomic E-state index is 12.7. The summed E-state index contributed by atoms with van der Waals surface area (Å²) >= 11 is 1.26. The monoisotopic (exact) mass is 446 g/mol. The Morgan fingerprint density at radius 2 is 1.74 bits per heavy atom. The van der Waals surface area contributed by atoms with E-state index in [-0.39, 0.29) is 18.0 Å². The number of rotatable bonds is 4. The number of alkyl halides is 3. The molecular weight excluding hydrogens is 429 g/mol. The molecule has 10 heteroatoms. The van der Waals surface area contributed by atoms with Gasteiger partial charge in [-0.05, 0) is 30.3 Å². The SMILES string of the molecule is Cn1c(=O)n(C)c2cc(NC(=O)Cc3csc(-c4ccc(C(F)(F)F)cc4)n3)ccc21. The molecule has 31 heavy (non-hydrogen) atoms. The van der Waals surface area contributed by atoms with Crippen LogP contribution < -0.4 is 11.0 Å². The molecule has 6 nitrogen and oxygen atoms in total. The zero-order chi connectivity index (χ0) is 22.3. The summed E-state index contributed by atoms with van der Waals surface area (Å²) in [5.41, 5.74) is 2.20. The third kappa shape index (κ3) is 4.11. The summed E-state index contributed by atoms with van der Waals surface area (Å²) < 4.78 is 41.1. The van der Waals surface area contributed by atoms with Gasteiger partial charge in [0.15, 0.2) is 0 Å². The standard InChI is InChI=1S/C21H17F3N4O2S/c1-27-16-8-7-14(9-17(16)28(2)20(27)30)25-18(29)10-15-11-31-19(26-15)12-3-5-13(6-4-12)21(22,23)24/h3-9,11H,10H2,1-2H3,(H,25,29). The summed E-state index contributed by atoms with van der Waals surface area (Å²) in [4.78, 5) is 28.8. The van der Waals surface area contributed by atoms with Crippen molar-refractivity contribution in [1.82, 2.24) is 14.1 Å². The molecule has 0 aliphatic heterocycles. The third-order valence-corrected chi connectivity index (χ3v) is 5.85. The molecular formula is C21H17F3N4O2S. The number of hydrogen-bond acceptors (Lipinski definition) is 4. The lowest BCUT2D eigenvalue weighted by Gasteiger charge is -2.06. The fraction of sp³-hybridized carbons (Fsp3) is 0.190. The number of thiazole rings is 1. The van der Waals surface area contributed by atoms with E-state index in [1.807, 2.05) is 0 Å². The molecule has 0 saturated carbocycles. The minimum Gasteiger partial charge on any atom is -0.326 e. The van der Waals surface area contributed by atoms with Crippen LogP contribution in [0.1, 0.15) is 11.3 Å². The van der Waals surface area contributed by atoms with Crippen molar-refractivity contribution in [1.29, 1.82) is 0 Å². The van der Waals surface area contributed by atoms with E-state index in [4.69, 9.17) is 0 Å². The van der Waals surface area contributed by atoms with Crippen LogP contribution in [0.15, 0.2) is 52.6 Å². The van der Waals surface area contributed by atoms with Crippen molar-refractivity contribution in [3.05, 3.63) is 69.6 Å². The number of carbonyl (C=O) groups is 1. The van der Waals surface area contributed by atoms with Gasteiger partial charge in [-0.15, -0.1) is 11.3 Å². The van der Waals surface area contributed by atoms with Crippen LogP contribution in [0.25, 0.3) is 21.6 Å². The average molecular weight is 446 g/mol. The molecule has 0 saturated heterocycles. The average Bonchev–Trinajstić information content (AvgIpc) is 3.27. The van der Waals surface area contributed by atoms with Crippen LogP contribution in [0, 0.1) is 0 Å². The van der Waals surface area contributed by atoms with Crippen molar-refractivity contribution < 1.29 is 18.0 Å². The Balaban J connectivity index is 1.46. The van der Waals surface area contributed by atoms with Gasteiger partial charge in [0, 0.05) is 30.7 Å². The van der Waals surface area contributed by atoms with Gasteiger partial charge in [0.25, 0.3) is 0 Å². The van der Waals surface area contributed by atoms with Crippen molar-refractivity contribution >= 4 is 34.0 Å². The molecule has 2 aromatic carbocycles. The topological polar surface area (TPSA) is 68.9 Å². The van der Waals surface area contributed by atoms with Gasteiger partial charge >= 0.3 is 11.9 Å². The molecule has 4 aromatic rings. The number of imidazole rings is 1. The van der Waals surface area contributed by atoms with Gasteiger partial charge in [0.1, 0.15) is 5.01 Å². The Labute approximate surface area is 178 Å². The predicted octanol–water partition coefficient (Wildman–Crippen LogP) is 4.20. The number of aromatic nitrogens is 3. The van der Waals surface area contributed by atoms with Crippen molar-refractivity contribution in [2.75, 3.05) is 5.32 Å². The molecule has 0 aliphatic carbocycles. The fourth-order valence-electron chi connectivity index (χ4n) is 3.28. The third-order valence-electron chi connectivity index (χ3n) is 4.91. The first-order valence-corrected chi connectivity index (χ1v) is 10.1. The zero-order valence-corrected chi connectivity index (χ0v) is 17.3. The van der Waals surface area contributed by atoms with E-state index in [2.05, 4.69) is 10.3 Å². The molecule has 160 valence electrons. The minimum atomic E-state index is -4.39. The number of nitrogens with zero attached hydrogens (tertiary/aromatic N) is 3. The molecule has 0 fully saturated rings. The minimum absolute atomic E-state index is 0.0168. The largest absolute Gasteiger partial charge is 0.416 e. The second-order valence-corrected chi connectivity index (χ2v) is 7.91. The van der Waals surface area contributed by atoms with Crippen LogP contribution in [-0.4, -0.2) is 20.0 Å². The van der Waals surface area contributed by atoms with E-state index >= 15 is 0 Å². The number of benzene rings is 2. The molecule has 0 aliphatic rings. The van der Waals surface area contributed by atoms with Crippen molar-refractivity contribution in [2.45, 2.75) is 12.6 Å². The molecule has 2 heterocycles. The zero-order valence-electron chi connectivity index (χ0n) is 16.5. The maximum atomic E-state index is 12.7. The second kappa shape index (κ2) is 7.69. The number of anilines is 1. The van der Waals surface area contributed by atoms with Gasteiger partial charge in [0.05, 0.1) is 28.7 Å². The molecule has 1 N–H and O–H groups in total. The molecule has 1 amide bonds. The lowest BCUT2D eigenvalue weighted by Crippen LogP contribution is -2.19. The van der Waals surface area contributed by atoms with Gasteiger partial charge in [-0.25, -0.2) is 9.78 Å². The highest BCUT2D eigenvalue weighted by molar-refractivity contribution is 7.13. The molecule has 0 spiro atoms. The Hall–Kier alpha value is -3.40. The predicted molar refractivity (Wildman–Crippen MR) is 113 cm³/mol. The van der Waals surface area contributed by atoms with E-state index in [0.29, 0.717) is 27.5 Å². The van der Waals surface area contributed by atoms with Crippen LogP contribution in [0.4, 0.5) is 18.9 Å². The first-order chi connectivity index (χ1) is 14.6. The van der Waals surface area contributed by atoms with Crippen LogP contribution in [0.5, 0.6) is 0 Å². The Kier molecular flexibility index (Phi) is 5.18. The summed E-state index contributed by atoms with van der Waals surface area (Å²) in [6.07, 6.45) is -4.37. The molecule has 4 rings (SSSR count). The van der Waals surface area contributed by atoms with E-state index < -0.39 is 11.7 Å². The highest BCUT2D eigenvalue weighted by Crippen LogP contribution is 2.31. The van der Waals surface area contributed by atoms with Gasteiger partial charge in [-0.3, -0.25) is 13.9 Å². The van der Waals surface area contributed by atoms with Gasteiger partial charge < -0.3 is 5.32 Å². The van der Waals surface area contributed by atoms with Crippen LogP contribution in [0.2, 0.25) is 0 Å². The first kappa shape index (κ1) is 20.9. The highest BCUT2D eigenvalue weighted by atomic mass is 32.1. The van der Waals surface area contributed by atoms with Crippen LogP contribution >= 0.6 is 11.3 Å². The number of amides is 1. The smallest absolute Gasteiger partial charge is 0.326 e. The maximum Gasteiger partial charge on any atom is 0.416 e. The number of fused-ring (bicyclic) bond motifs is 1. The van der Waals surface area contributed by atoms with E-state index in [1.165, 1.54) is 32.6 Å². The number of nitrogens with one attached hydrogen (secondary N) is 1.